The Labute approximate surface area is 125 Å². The van der Waals surface area contributed by atoms with E-state index in [-0.39, 0.29) is 5.41 Å². The van der Waals surface area contributed by atoms with Crippen LogP contribution in [0.25, 0.3) is 0 Å². The van der Waals surface area contributed by atoms with Crippen LogP contribution in [-0.4, -0.2) is 24.5 Å². The van der Waals surface area contributed by atoms with Gasteiger partial charge in [-0.1, -0.05) is 39.3 Å². The van der Waals surface area contributed by atoms with Crippen molar-refractivity contribution < 1.29 is 0 Å². The summed E-state index contributed by atoms with van der Waals surface area (Å²) in [5.41, 5.74) is 6.33. The molecule has 2 rings (SSSR count). The number of hydrogen-bond donors (Lipinski definition) is 0. The van der Waals surface area contributed by atoms with Crippen LogP contribution in [0.2, 0.25) is 0 Å². The van der Waals surface area contributed by atoms with Crippen molar-refractivity contribution in [1.29, 1.82) is 0 Å². The molecule has 0 bridgehead atoms. The number of aryl methyl sites for hydroxylation is 1. The normalized spacial score (nSPS) is 17.4. The number of benzene rings is 1. The Balaban J connectivity index is 2.18. The van der Waals surface area contributed by atoms with Crippen molar-refractivity contribution in [2.75, 3.05) is 19.6 Å². The fraction of sp³-hybridized carbons (Fsp3) is 0.684. The molecule has 0 spiro atoms. The van der Waals surface area contributed by atoms with Gasteiger partial charge in [0.15, 0.2) is 0 Å². The van der Waals surface area contributed by atoms with Gasteiger partial charge in [-0.3, -0.25) is 0 Å². The fourth-order valence-electron chi connectivity index (χ4n) is 3.35. The van der Waals surface area contributed by atoms with Gasteiger partial charge >= 0.3 is 0 Å². The monoisotopic (exact) mass is 273 g/mol. The highest BCUT2D eigenvalue weighted by Crippen LogP contribution is 2.30. The standard InChI is InChI=1S/C19H31N/c1-15-9-10-18(19(3,4)5)17(16(15)2)11-14-20-12-7-6-8-13-20/h9-10H,6-8,11-14H2,1-5H3. The van der Waals surface area contributed by atoms with Crippen LogP contribution in [0.4, 0.5) is 0 Å². The molecule has 1 aromatic carbocycles. The van der Waals surface area contributed by atoms with E-state index in [0.29, 0.717) is 0 Å². The Morgan fingerprint density at radius 1 is 1.00 bits per heavy atom. The Kier molecular flexibility index (Phi) is 4.90. The molecule has 1 aliphatic rings. The lowest BCUT2D eigenvalue weighted by Gasteiger charge is -2.29. The fourth-order valence-corrected chi connectivity index (χ4v) is 3.35. The van der Waals surface area contributed by atoms with E-state index < -0.39 is 0 Å². The van der Waals surface area contributed by atoms with Gasteiger partial charge in [-0.05, 0) is 73.9 Å². The number of likely N-dealkylation sites (tertiary alicyclic amines) is 1. The van der Waals surface area contributed by atoms with Crippen molar-refractivity contribution in [2.45, 2.75) is 65.7 Å². The highest BCUT2D eigenvalue weighted by atomic mass is 15.1. The highest BCUT2D eigenvalue weighted by Gasteiger charge is 2.20. The number of nitrogens with zero attached hydrogens (tertiary/aromatic N) is 1. The molecule has 1 heterocycles. The van der Waals surface area contributed by atoms with Crippen LogP contribution in [0.1, 0.15) is 62.3 Å². The van der Waals surface area contributed by atoms with E-state index in [1.54, 1.807) is 5.56 Å². The number of hydrogen-bond acceptors (Lipinski definition) is 1. The summed E-state index contributed by atoms with van der Waals surface area (Å²) in [7, 11) is 0. The summed E-state index contributed by atoms with van der Waals surface area (Å²) < 4.78 is 0. The van der Waals surface area contributed by atoms with Crippen molar-refractivity contribution in [3.05, 3.63) is 34.4 Å². The first-order valence-corrected chi connectivity index (χ1v) is 8.21. The predicted molar refractivity (Wildman–Crippen MR) is 88.6 cm³/mol. The minimum atomic E-state index is 0.246. The zero-order chi connectivity index (χ0) is 14.8. The van der Waals surface area contributed by atoms with Gasteiger partial charge in [0.05, 0.1) is 0 Å². The van der Waals surface area contributed by atoms with Crippen molar-refractivity contribution in [3.63, 3.8) is 0 Å². The lowest BCUT2D eigenvalue weighted by molar-refractivity contribution is 0.231. The summed E-state index contributed by atoms with van der Waals surface area (Å²) in [5.74, 6) is 0. The molecule has 0 aliphatic carbocycles. The molecule has 1 aliphatic heterocycles. The topological polar surface area (TPSA) is 3.24 Å². The van der Waals surface area contributed by atoms with Gasteiger partial charge in [0.25, 0.3) is 0 Å². The van der Waals surface area contributed by atoms with E-state index in [9.17, 15) is 0 Å². The lowest BCUT2D eigenvalue weighted by atomic mass is 9.80. The van der Waals surface area contributed by atoms with Gasteiger partial charge in [-0.15, -0.1) is 0 Å². The third-order valence-corrected chi connectivity index (χ3v) is 4.80. The van der Waals surface area contributed by atoms with Crippen LogP contribution in [-0.2, 0) is 11.8 Å². The minimum Gasteiger partial charge on any atom is -0.303 e. The van der Waals surface area contributed by atoms with Gasteiger partial charge in [0.2, 0.25) is 0 Å². The maximum Gasteiger partial charge on any atom is 0.00220 e. The molecule has 20 heavy (non-hydrogen) atoms. The predicted octanol–water partition coefficient (Wildman–Crippen LogP) is 4.63. The van der Waals surface area contributed by atoms with E-state index in [1.165, 1.54) is 62.0 Å². The Morgan fingerprint density at radius 2 is 1.65 bits per heavy atom. The van der Waals surface area contributed by atoms with E-state index in [4.69, 9.17) is 0 Å². The minimum absolute atomic E-state index is 0.246. The summed E-state index contributed by atoms with van der Waals surface area (Å²) in [4.78, 5) is 2.65. The van der Waals surface area contributed by atoms with Crippen LogP contribution in [0, 0.1) is 13.8 Å². The molecule has 0 saturated carbocycles. The second kappa shape index (κ2) is 6.30. The maximum absolute atomic E-state index is 2.65. The van der Waals surface area contributed by atoms with E-state index in [0.717, 1.165) is 0 Å². The average molecular weight is 273 g/mol. The average Bonchev–Trinajstić information content (AvgIpc) is 2.40. The summed E-state index contributed by atoms with van der Waals surface area (Å²) in [6.07, 6.45) is 5.41. The maximum atomic E-state index is 2.65. The van der Waals surface area contributed by atoms with Crippen molar-refractivity contribution in [2.24, 2.45) is 0 Å². The van der Waals surface area contributed by atoms with Crippen LogP contribution in [0.3, 0.4) is 0 Å². The Bertz CT molecular complexity index is 448. The Hall–Kier alpha value is -0.820. The van der Waals surface area contributed by atoms with Gasteiger partial charge < -0.3 is 4.90 Å². The highest BCUT2D eigenvalue weighted by molar-refractivity contribution is 5.43. The molecule has 0 radical (unpaired) electrons. The molecule has 1 saturated heterocycles. The Morgan fingerprint density at radius 3 is 2.25 bits per heavy atom. The molecule has 1 heteroatoms. The van der Waals surface area contributed by atoms with Gasteiger partial charge in [0.1, 0.15) is 0 Å². The van der Waals surface area contributed by atoms with Crippen LogP contribution < -0.4 is 0 Å². The lowest BCUT2D eigenvalue weighted by Crippen LogP contribution is -2.32. The zero-order valence-electron chi connectivity index (χ0n) is 14.1. The molecule has 1 fully saturated rings. The summed E-state index contributed by atoms with van der Waals surface area (Å²) in [5, 5.41) is 0. The first-order chi connectivity index (χ1) is 9.39. The smallest absolute Gasteiger partial charge is 0.00220 e. The third-order valence-electron chi connectivity index (χ3n) is 4.80. The quantitative estimate of drug-likeness (QED) is 0.776. The summed E-state index contributed by atoms with van der Waals surface area (Å²) in [6, 6.07) is 4.65. The van der Waals surface area contributed by atoms with E-state index >= 15 is 0 Å². The van der Waals surface area contributed by atoms with Crippen molar-refractivity contribution in [1.82, 2.24) is 4.90 Å². The summed E-state index contributed by atoms with van der Waals surface area (Å²) in [6.45, 7) is 15.4. The zero-order valence-corrected chi connectivity index (χ0v) is 14.1. The molecule has 0 N–H and O–H groups in total. The number of piperidine rings is 1. The summed E-state index contributed by atoms with van der Waals surface area (Å²) >= 11 is 0. The first-order valence-electron chi connectivity index (χ1n) is 8.21. The SMILES string of the molecule is Cc1ccc(C(C)(C)C)c(CCN2CCCCC2)c1C. The molecule has 0 aromatic heterocycles. The van der Waals surface area contributed by atoms with Crippen LogP contribution in [0.5, 0.6) is 0 Å². The molecule has 0 amide bonds. The van der Waals surface area contributed by atoms with E-state index in [1.807, 2.05) is 0 Å². The van der Waals surface area contributed by atoms with Crippen molar-refractivity contribution >= 4 is 0 Å². The molecule has 1 aromatic rings. The van der Waals surface area contributed by atoms with E-state index in [2.05, 4.69) is 51.7 Å². The first kappa shape index (κ1) is 15.6. The van der Waals surface area contributed by atoms with Crippen LogP contribution >= 0.6 is 0 Å². The van der Waals surface area contributed by atoms with Gasteiger partial charge in [0, 0.05) is 6.54 Å². The molecule has 112 valence electrons. The largest absolute Gasteiger partial charge is 0.303 e. The molecular formula is C19H31N. The molecular weight excluding hydrogens is 242 g/mol. The molecule has 0 atom stereocenters. The molecule has 0 unspecified atom stereocenters. The van der Waals surface area contributed by atoms with Gasteiger partial charge in [-0.2, -0.15) is 0 Å². The molecule has 1 nitrogen and oxygen atoms in total. The third kappa shape index (κ3) is 3.63. The second-order valence-corrected chi connectivity index (χ2v) is 7.44. The number of rotatable bonds is 3. The van der Waals surface area contributed by atoms with Crippen molar-refractivity contribution in [3.8, 4) is 0 Å². The van der Waals surface area contributed by atoms with Crippen LogP contribution in [0.15, 0.2) is 12.1 Å². The van der Waals surface area contributed by atoms with Gasteiger partial charge in [-0.25, -0.2) is 0 Å². The second-order valence-electron chi connectivity index (χ2n) is 7.44.